The van der Waals surface area contributed by atoms with Gasteiger partial charge in [-0.2, -0.15) is 0 Å². The highest BCUT2D eigenvalue weighted by molar-refractivity contribution is 5.96. The van der Waals surface area contributed by atoms with E-state index in [1.807, 2.05) is 13.0 Å². The van der Waals surface area contributed by atoms with Crippen LogP contribution in [0, 0.1) is 12.8 Å². The van der Waals surface area contributed by atoms with Crippen molar-refractivity contribution in [2.24, 2.45) is 11.7 Å². The van der Waals surface area contributed by atoms with Gasteiger partial charge in [0, 0.05) is 19.0 Å². The lowest BCUT2D eigenvalue weighted by atomic mass is 10.1. The van der Waals surface area contributed by atoms with Crippen molar-refractivity contribution in [1.82, 2.24) is 4.98 Å². The highest BCUT2D eigenvalue weighted by atomic mass is 16.5. The lowest BCUT2D eigenvalue weighted by molar-refractivity contribution is -0.117. The second-order valence-electron chi connectivity index (χ2n) is 4.27. The van der Waals surface area contributed by atoms with Crippen LogP contribution in [0.15, 0.2) is 12.1 Å². The fourth-order valence-electron chi connectivity index (χ4n) is 2.10. The lowest BCUT2D eigenvalue weighted by Gasteiger charge is -2.18. The molecule has 2 rings (SSSR count). The number of pyridine rings is 1. The van der Waals surface area contributed by atoms with Crippen LogP contribution in [0.5, 0.6) is 5.88 Å². The summed E-state index contributed by atoms with van der Waals surface area (Å²) in [6, 6.07) is 3.64. The number of aromatic nitrogens is 1. The quantitative estimate of drug-likeness (QED) is 0.837. The molecule has 0 radical (unpaired) electrons. The molecular weight excluding hydrogens is 218 g/mol. The second kappa shape index (κ2) is 4.71. The number of hydrogen-bond acceptors (Lipinski definition) is 4. The van der Waals surface area contributed by atoms with Crippen molar-refractivity contribution < 1.29 is 9.53 Å². The highest BCUT2D eigenvalue weighted by Crippen LogP contribution is 2.27. The molecule has 1 saturated heterocycles. The molecule has 5 heteroatoms. The van der Waals surface area contributed by atoms with Crippen molar-refractivity contribution in [2.75, 3.05) is 25.1 Å². The number of rotatable bonds is 3. The SMILES string of the molecule is COc1ccc(N2CC(CN)CC2=O)c(C)n1. The zero-order chi connectivity index (χ0) is 12.4. The normalized spacial score (nSPS) is 19.8. The number of anilines is 1. The molecule has 0 aromatic carbocycles. The number of aryl methyl sites for hydroxylation is 1. The molecule has 1 aromatic heterocycles. The molecule has 5 nitrogen and oxygen atoms in total. The summed E-state index contributed by atoms with van der Waals surface area (Å²) in [4.78, 5) is 17.9. The van der Waals surface area contributed by atoms with Crippen LogP contribution in [0.4, 0.5) is 5.69 Å². The molecule has 17 heavy (non-hydrogen) atoms. The summed E-state index contributed by atoms with van der Waals surface area (Å²) in [5.74, 6) is 0.938. The number of ether oxygens (including phenoxy) is 1. The number of carbonyl (C=O) groups is 1. The van der Waals surface area contributed by atoms with Crippen LogP contribution in [0.25, 0.3) is 0 Å². The summed E-state index contributed by atoms with van der Waals surface area (Å²) >= 11 is 0. The van der Waals surface area contributed by atoms with Gasteiger partial charge in [0.05, 0.1) is 18.5 Å². The first-order chi connectivity index (χ1) is 8.15. The van der Waals surface area contributed by atoms with E-state index >= 15 is 0 Å². The highest BCUT2D eigenvalue weighted by Gasteiger charge is 2.30. The van der Waals surface area contributed by atoms with E-state index in [4.69, 9.17) is 10.5 Å². The molecule has 1 atom stereocenters. The summed E-state index contributed by atoms with van der Waals surface area (Å²) in [5, 5.41) is 0. The molecule has 1 amide bonds. The average molecular weight is 235 g/mol. The molecule has 0 saturated carbocycles. The Balaban J connectivity index is 2.26. The van der Waals surface area contributed by atoms with Gasteiger partial charge in [-0.15, -0.1) is 0 Å². The summed E-state index contributed by atoms with van der Waals surface area (Å²) < 4.78 is 5.05. The Bertz CT molecular complexity index is 434. The number of methoxy groups -OCH3 is 1. The standard InChI is InChI=1S/C12H17N3O2/c1-8-10(3-4-11(14-8)17-2)15-7-9(6-13)5-12(15)16/h3-4,9H,5-7,13H2,1-2H3. The predicted octanol–water partition coefficient (Wildman–Crippen LogP) is 0.710. The Morgan fingerprint density at radius 3 is 2.88 bits per heavy atom. The Kier molecular flexibility index (Phi) is 3.28. The molecule has 1 aliphatic heterocycles. The molecule has 0 bridgehead atoms. The van der Waals surface area contributed by atoms with Crippen molar-refractivity contribution in [1.29, 1.82) is 0 Å². The van der Waals surface area contributed by atoms with Gasteiger partial charge in [0.25, 0.3) is 0 Å². The first kappa shape index (κ1) is 11.9. The molecule has 2 heterocycles. The number of hydrogen-bond donors (Lipinski definition) is 1. The zero-order valence-electron chi connectivity index (χ0n) is 10.1. The Hall–Kier alpha value is -1.62. The minimum Gasteiger partial charge on any atom is -0.481 e. The summed E-state index contributed by atoms with van der Waals surface area (Å²) in [7, 11) is 1.58. The maximum atomic E-state index is 11.9. The fraction of sp³-hybridized carbons (Fsp3) is 0.500. The summed E-state index contributed by atoms with van der Waals surface area (Å²) in [6.45, 7) is 3.11. The molecule has 0 spiro atoms. The largest absolute Gasteiger partial charge is 0.481 e. The van der Waals surface area contributed by atoms with Crippen LogP contribution in [-0.2, 0) is 4.79 Å². The number of nitrogens with zero attached hydrogens (tertiary/aromatic N) is 2. The van der Waals surface area contributed by atoms with E-state index in [1.54, 1.807) is 18.1 Å². The van der Waals surface area contributed by atoms with Crippen molar-refractivity contribution in [3.8, 4) is 5.88 Å². The van der Waals surface area contributed by atoms with E-state index in [-0.39, 0.29) is 11.8 Å². The second-order valence-corrected chi connectivity index (χ2v) is 4.27. The van der Waals surface area contributed by atoms with E-state index < -0.39 is 0 Å². The van der Waals surface area contributed by atoms with Gasteiger partial charge in [-0.1, -0.05) is 0 Å². The third-order valence-corrected chi connectivity index (χ3v) is 3.07. The maximum Gasteiger partial charge on any atom is 0.227 e. The number of amides is 1. The molecule has 0 aliphatic carbocycles. The van der Waals surface area contributed by atoms with Crippen molar-refractivity contribution in [2.45, 2.75) is 13.3 Å². The molecular formula is C12H17N3O2. The zero-order valence-corrected chi connectivity index (χ0v) is 10.1. The van der Waals surface area contributed by atoms with Gasteiger partial charge in [-0.25, -0.2) is 4.98 Å². The molecule has 2 N–H and O–H groups in total. The van der Waals surface area contributed by atoms with Crippen LogP contribution in [0.3, 0.4) is 0 Å². The molecule has 92 valence electrons. The van der Waals surface area contributed by atoms with Crippen LogP contribution in [0.2, 0.25) is 0 Å². The Morgan fingerprint density at radius 1 is 1.59 bits per heavy atom. The van der Waals surface area contributed by atoms with Gasteiger partial charge in [-0.05, 0) is 25.5 Å². The van der Waals surface area contributed by atoms with E-state index in [0.717, 1.165) is 11.4 Å². The first-order valence-electron chi connectivity index (χ1n) is 5.67. The van der Waals surface area contributed by atoms with Gasteiger partial charge in [0.15, 0.2) is 0 Å². The fourth-order valence-corrected chi connectivity index (χ4v) is 2.10. The van der Waals surface area contributed by atoms with Gasteiger partial charge >= 0.3 is 0 Å². The lowest BCUT2D eigenvalue weighted by Crippen LogP contribution is -2.26. The molecule has 1 aromatic rings. The monoisotopic (exact) mass is 235 g/mol. The first-order valence-corrected chi connectivity index (χ1v) is 5.67. The summed E-state index contributed by atoms with van der Waals surface area (Å²) in [6.07, 6.45) is 0.530. The topological polar surface area (TPSA) is 68.5 Å². The van der Waals surface area contributed by atoms with Gasteiger partial charge in [0.1, 0.15) is 0 Å². The summed E-state index contributed by atoms with van der Waals surface area (Å²) in [5.41, 5.74) is 7.26. The average Bonchev–Trinajstić information content (AvgIpc) is 2.70. The van der Waals surface area contributed by atoms with Crippen molar-refractivity contribution >= 4 is 11.6 Å². The number of carbonyl (C=O) groups excluding carboxylic acids is 1. The Morgan fingerprint density at radius 2 is 2.35 bits per heavy atom. The predicted molar refractivity (Wildman–Crippen MR) is 65.0 cm³/mol. The smallest absolute Gasteiger partial charge is 0.227 e. The Labute approximate surface area is 101 Å². The van der Waals surface area contributed by atoms with Gasteiger partial charge in [0.2, 0.25) is 11.8 Å². The minimum absolute atomic E-state index is 0.121. The molecule has 1 aliphatic rings. The molecule has 1 fully saturated rings. The minimum atomic E-state index is 0.121. The maximum absolute atomic E-state index is 11.9. The third kappa shape index (κ3) is 2.24. The van der Waals surface area contributed by atoms with Crippen LogP contribution >= 0.6 is 0 Å². The van der Waals surface area contributed by atoms with E-state index in [9.17, 15) is 4.79 Å². The molecule has 1 unspecified atom stereocenters. The van der Waals surface area contributed by atoms with Crippen LogP contribution in [-0.4, -0.2) is 31.1 Å². The number of nitrogens with two attached hydrogens (primary N) is 1. The van der Waals surface area contributed by atoms with Gasteiger partial charge < -0.3 is 15.4 Å². The third-order valence-electron chi connectivity index (χ3n) is 3.07. The van der Waals surface area contributed by atoms with Crippen LogP contribution < -0.4 is 15.4 Å². The van der Waals surface area contributed by atoms with E-state index in [2.05, 4.69) is 4.98 Å². The van der Waals surface area contributed by atoms with E-state index in [1.165, 1.54) is 0 Å². The van der Waals surface area contributed by atoms with E-state index in [0.29, 0.717) is 25.4 Å². The van der Waals surface area contributed by atoms with Crippen molar-refractivity contribution in [3.05, 3.63) is 17.8 Å². The van der Waals surface area contributed by atoms with Gasteiger partial charge in [-0.3, -0.25) is 4.79 Å². The van der Waals surface area contributed by atoms with Crippen molar-refractivity contribution in [3.63, 3.8) is 0 Å². The van der Waals surface area contributed by atoms with Crippen LogP contribution in [0.1, 0.15) is 12.1 Å².